The van der Waals surface area contributed by atoms with Gasteiger partial charge >= 0.3 is 0 Å². The van der Waals surface area contributed by atoms with Crippen LogP contribution >= 0.6 is 0 Å². The van der Waals surface area contributed by atoms with Crippen molar-refractivity contribution in [1.29, 1.82) is 0 Å². The molecule has 0 saturated heterocycles. The van der Waals surface area contributed by atoms with E-state index in [4.69, 9.17) is 5.73 Å². The highest BCUT2D eigenvalue weighted by atomic mass is 16.2. The van der Waals surface area contributed by atoms with E-state index in [0.717, 1.165) is 24.4 Å². The molecule has 0 unspecified atom stereocenters. The summed E-state index contributed by atoms with van der Waals surface area (Å²) in [5, 5.41) is 11.4. The molecule has 2 rings (SSSR count). The van der Waals surface area contributed by atoms with E-state index in [9.17, 15) is 4.79 Å². The summed E-state index contributed by atoms with van der Waals surface area (Å²) in [6.07, 6.45) is 0.810. The molecule has 2 aromatic rings. The van der Waals surface area contributed by atoms with Gasteiger partial charge in [0.2, 0.25) is 0 Å². The van der Waals surface area contributed by atoms with E-state index in [1.807, 2.05) is 24.6 Å². The highest BCUT2D eigenvalue weighted by molar-refractivity contribution is 5.97. The molecule has 2 aromatic heterocycles. The summed E-state index contributed by atoms with van der Waals surface area (Å²) in [4.78, 5) is 12.1. The van der Waals surface area contributed by atoms with Gasteiger partial charge in [-0.15, -0.1) is 0 Å². The summed E-state index contributed by atoms with van der Waals surface area (Å²) in [6, 6.07) is 2.04. The molecule has 0 atom stereocenters. The van der Waals surface area contributed by atoms with Crippen LogP contribution in [0.15, 0.2) is 6.07 Å². The van der Waals surface area contributed by atoms with Gasteiger partial charge in [-0.1, -0.05) is 0 Å². The number of nitrogens with one attached hydrogen (secondary N) is 1. The molecule has 0 aliphatic heterocycles. The summed E-state index contributed by atoms with van der Waals surface area (Å²) in [6.45, 7) is 7.13. The number of nitrogens with two attached hydrogens (primary N) is 1. The smallest absolute Gasteiger partial charge is 0.271 e. The normalized spacial score (nSPS) is 10.9. The molecular formula is C14H22N6O. The first-order valence-electron chi connectivity index (χ1n) is 6.98. The Balaban J connectivity index is 1.86. The third kappa shape index (κ3) is 3.24. The second-order valence-corrected chi connectivity index (χ2v) is 5.23. The fourth-order valence-electron chi connectivity index (χ4n) is 2.36. The van der Waals surface area contributed by atoms with Gasteiger partial charge in [0, 0.05) is 25.8 Å². The van der Waals surface area contributed by atoms with E-state index in [0.29, 0.717) is 23.6 Å². The minimum absolute atomic E-state index is 0.191. The molecule has 0 aliphatic carbocycles. The maximum atomic E-state index is 12.1. The Labute approximate surface area is 124 Å². The van der Waals surface area contributed by atoms with Crippen molar-refractivity contribution < 1.29 is 4.79 Å². The standard InChI is InChI=1S/C14H22N6O/c1-9-8-10(2)20(17-9)7-5-6-16-14(21)13-12(15)11(3)18-19(13)4/h8H,5-7,15H2,1-4H3,(H,16,21). The molecule has 7 heteroatoms. The van der Waals surface area contributed by atoms with E-state index >= 15 is 0 Å². The van der Waals surface area contributed by atoms with Crippen molar-refractivity contribution in [2.24, 2.45) is 7.05 Å². The van der Waals surface area contributed by atoms with E-state index in [2.05, 4.69) is 15.5 Å². The zero-order valence-corrected chi connectivity index (χ0v) is 13.0. The largest absolute Gasteiger partial charge is 0.395 e. The van der Waals surface area contributed by atoms with Gasteiger partial charge < -0.3 is 11.1 Å². The lowest BCUT2D eigenvalue weighted by Gasteiger charge is -2.07. The molecule has 0 saturated carbocycles. The molecule has 0 bridgehead atoms. The number of rotatable bonds is 5. The number of nitrogen functional groups attached to an aromatic ring is 1. The number of aromatic nitrogens is 4. The lowest BCUT2D eigenvalue weighted by atomic mass is 10.3. The Morgan fingerprint density at radius 1 is 1.33 bits per heavy atom. The van der Waals surface area contributed by atoms with Gasteiger partial charge in [0.05, 0.1) is 17.1 Å². The Bertz CT molecular complexity index is 655. The van der Waals surface area contributed by atoms with Crippen LogP contribution in [0.2, 0.25) is 0 Å². The molecule has 7 nitrogen and oxygen atoms in total. The zero-order chi connectivity index (χ0) is 15.6. The average molecular weight is 290 g/mol. The number of nitrogens with zero attached hydrogens (tertiary/aromatic N) is 4. The molecule has 21 heavy (non-hydrogen) atoms. The molecule has 0 spiro atoms. The number of anilines is 1. The molecule has 114 valence electrons. The first-order valence-corrected chi connectivity index (χ1v) is 6.98. The predicted molar refractivity (Wildman–Crippen MR) is 81.0 cm³/mol. The zero-order valence-electron chi connectivity index (χ0n) is 13.0. The topological polar surface area (TPSA) is 90.8 Å². The average Bonchev–Trinajstić information content (AvgIpc) is 2.85. The number of carbonyl (C=O) groups excluding carboxylic acids is 1. The van der Waals surface area contributed by atoms with Crippen LogP contribution in [-0.4, -0.2) is 32.0 Å². The van der Waals surface area contributed by atoms with E-state index in [1.165, 1.54) is 4.68 Å². The van der Waals surface area contributed by atoms with E-state index in [-0.39, 0.29) is 5.91 Å². The van der Waals surface area contributed by atoms with E-state index in [1.54, 1.807) is 14.0 Å². The van der Waals surface area contributed by atoms with Crippen LogP contribution in [0.5, 0.6) is 0 Å². The summed E-state index contributed by atoms with van der Waals surface area (Å²) in [5.41, 5.74) is 9.53. The molecule has 3 N–H and O–H groups in total. The molecular weight excluding hydrogens is 268 g/mol. The molecule has 1 amide bonds. The van der Waals surface area contributed by atoms with Gasteiger partial charge in [-0.05, 0) is 33.3 Å². The maximum absolute atomic E-state index is 12.1. The predicted octanol–water partition coefficient (Wildman–Crippen LogP) is 0.944. The van der Waals surface area contributed by atoms with Gasteiger partial charge in [-0.3, -0.25) is 14.2 Å². The van der Waals surface area contributed by atoms with Crippen LogP contribution < -0.4 is 11.1 Å². The number of hydrogen-bond acceptors (Lipinski definition) is 4. The molecule has 2 heterocycles. The second kappa shape index (κ2) is 5.99. The first-order chi connectivity index (χ1) is 9.90. The van der Waals surface area contributed by atoms with Gasteiger partial charge in [0.25, 0.3) is 5.91 Å². The third-order valence-electron chi connectivity index (χ3n) is 3.42. The van der Waals surface area contributed by atoms with Gasteiger partial charge in [-0.2, -0.15) is 10.2 Å². The number of aryl methyl sites for hydroxylation is 5. The second-order valence-electron chi connectivity index (χ2n) is 5.23. The maximum Gasteiger partial charge on any atom is 0.271 e. The lowest BCUT2D eigenvalue weighted by molar-refractivity contribution is 0.0944. The van der Waals surface area contributed by atoms with Crippen molar-refractivity contribution in [2.75, 3.05) is 12.3 Å². The lowest BCUT2D eigenvalue weighted by Crippen LogP contribution is -2.28. The minimum Gasteiger partial charge on any atom is -0.395 e. The fourth-order valence-corrected chi connectivity index (χ4v) is 2.36. The van der Waals surface area contributed by atoms with E-state index < -0.39 is 0 Å². The SMILES string of the molecule is Cc1cc(C)n(CCCNC(=O)c2c(N)c(C)nn2C)n1. The van der Waals surface area contributed by atoms with Crippen molar-refractivity contribution in [3.05, 3.63) is 28.8 Å². The summed E-state index contributed by atoms with van der Waals surface area (Å²) in [7, 11) is 1.72. The molecule has 0 fully saturated rings. The Kier molecular flexibility index (Phi) is 4.30. The summed E-state index contributed by atoms with van der Waals surface area (Å²) >= 11 is 0. The molecule has 0 aromatic carbocycles. The quantitative estimate of drug-likeness (QED) is 0.802. The number of carbonyl (C=O) groups is 1. The van der Waals surface area contributed by atoms with Crippen LogP contribution in [0.4, 0.5) is 5.69 Å². The summed E-state index contributed by atoms with van der Waals surface area (Å²) < 4.78 is 3.46. The van der Waals surface area contributed by atoms with Crippen LogP contribution in [0.1, 0.15) is 34.0 Å². The van der Waals surface area contributed by atoms with Crippen molar-refractivity contribution >= 4 is 11.6 Å². The van der Waals surface area contributed by atoms with Gasteiger partial charge in [-0.25, -0.2) is 0 Å². The Hall–Kier alpha value is -2.31. The van der Waals surface area contributed by atoms with Crippen LogP contribution in [0.3, 0.4) is 0 Å². The highest BCUT2D eigenvalue weighted by Gasteiger charge is 2.17. The minimum atomic E-state index is -0.191. The fraction of sp³-hybridized carbons (Fsp3) is 0.500. The monoisotopic (exact) mass is 290 g/mol. The summed E-state index contributed by atoms with van der Waals surface area (Å²) in [5.74, 6) is -0.191. The first kappa shape index (κ1) is 15.1. The molecule has 0 aliphatic rings. The van der Waals surface area contributed by atoms with Crippen molar-refractivity contribution in [3.63, 3.8) is 0 Å². The number of amides is 1. The molecule has 0 radical (unpaired) electrons. The van der Waals surface area contributed by atoms with Crippen molar-refractivity contribution in [3.8, 4) is 0 Å². The Morgan fingerprint density at radius 2 is 2.05 bits per heavy atom. The van der Waals surface area contributed by atoms with Crippen molar-refractivity contribution in [2.45, 2.75) is 33.7 Å². The van der Waals surface area contributed by atoms with Crippen LogP contribution in [0.25, 0.3) is 0 Å². The Morgan fingerprint density at radius 3 is 2.57 bits per heavy atom. The van der Waals surface area contributed by atoms with Crippen LogP contribution in [0, 0.1) is 20.8 Å². The highest BCUT2D eigenvalue weighted by Crippen LogP contribution is 2.14. The van der Waals surface area contributed by atoms with Gasteiger partial charge in [0.1, 0.15) is 5.69 Å². The van der Waals surface area contributed by atoms with Crippen molar-refractivity contribution in [1.82, 2.24) is 24.9 Å². The number of hydrogen-bond donors (Lipinski definition) is 2. The van der Waals surface area contributed by atoms with Crippen LogP contribution in [-0.2, 0) is 13.6 Å². The third-order valence-corrected chi connectivity index (χ3v) is 3.42. The van der Waals surface area contributed by atoms with Gasteiger partial charge in [0.15, 0.2) is 0 Å².